The molecule has 0 aliphatic carbocycles. The fourth-order valence-electron chi connectivity index (χ4n) is 1.55. The first-order chi connectivity index (χ1) is 8.61. The number of nitrogens with zero attached hydrogens (tertiary/aromatic N) is 3. The molecule has 2 heterocycles. The van der Waals surface area contributed by atoms with E-state index in [0.29, 0.717) is 15.7 Å². The Labute approximate surface area is 122 Å². The summed E-state index contributed by atoms with van der Waals surface area (Å²) in [5.74, 6) is -0.128. The van der Waals surface area contributed by atoms with Crippen LogP contribution in [0.5, 0.6) is 0 Å². The number of hydrogen-bond acceptors (Lipinski definition) is 3. The molecule has 4 nitrogen and oxygen atoms in total. The molecule has 0 saturated heterocycles. The zero-order chi connectivity index (χ0) is 13.1. The standard InChI is InChI=1S/C12H11Br2N3O/c1-2-3-17-7-8(5-16-17)12(18)11-10(14)4-9(13)6-15-11/h4-7H,2-3H2,1H3. The Morgan fingerprint density at radius 3 is 2.83 bits per heavy atom. The van der Waals surface area contributed by atoms with E-state index in [2.05, 4.69) is 48.9 Å². The third-order valence-electron chi connectivity index (χ3n) is 2.37. The maximum atomic E-state index is 12.2. The minimum atomic E-state index is -0.128. The van der Waals surface area contributed by atoms with Gasteiger partial charge < -0.3 is 0 Å². The predicted molar refractivity (Wildman–Crippen MR) is 75.6 cm³/mol. The summed E-state index contributed by atoms with van der Waals surface area (Å²) in [5.41, 5.74) is 0.952. The van der Waals surface area contributed by atoms with Crippen LogP contribution in [0.1, 0.15) is 29.4 Å². The monoisotopic (exact) mass is 371 g/mol. The first-order valence-electron chi connectivity index (χ1n) is 5.50. The van der Waals surface area contributed by atoms with Crippen molar-refractivity contribution in [3.8, 4) is 0 Å². The van der Waals surface area contributed by atoms with Crippen LogP contribution in [0.4, 0.5) is 0 Å². The molecule has 0 aliphatic rings. The Bertz CT molecular complexity index is 580. The lowest BCUT2D eigenvalue weighted by Crippen LogP contribution is -2.04. The third-order valence-corrected chi connectivity index (χ3v) is 3.41. The quantitative estimate of drug-likeness (QED) is 0.772. The fraction of sp³-hybridized carbons (Fsp3) is 0.250. The highest BCUT2D eigenvalue weighted by Gasteiger charge is 2.16. The summed E-state index contributed by atoms with van der Waals surface area (Å²) < 4.78 is 3.26. The minimum absolute atomic E-state index is 0.128. The number of hydrogen-bond donors (Lipinski definition) is 0. The van der Waals surface area contributed by atoms with Crippen LogP contribution in [-0.2, 0) is 6.54 Å². The maximum Gasteiger partial charge on any atom is 0.215 e. The number of rotatable bonds is 4. The minimum Gasteiger partial charge on any atom is -0.287 e. The summed E-state index contributed by atoms with van der Waals surface area (Å²) in [7, 11) is 0. The molecular formula is C12H11Br2N3O. The molecule has 0 bridgehead atoms. The number of ketones is 1. The van der Waals surface area contributed by atoms with Crippen LogP contribution in [0.15, 0.2) is 33.6 Å². The predicted octanol–water partition coefficient (Wildman–Crippen LogP) is 3.44. The van der Waals surface area contributed by atoms with Crippen LogP contribution < -0.4 is 0 Å². The van der Waals surface area contributed by atoms with E-state index in [1.165, 1.54) is 0 Å². The number of halogens is 2. The van der Waals surface area contributed by atoms with Gasteiger partial charge >= 0.3 is 0 Å². The van der Waals surface area contributed by atoms with Crippen LogP contribution in [0.3, 0.4) is 0 Å². The van der Waals surface area contributed by atoms with Crippen LogP contribution in [0, 0.1) is 0 Å². The van der Waals surface area contributed by atoms with Gasteiger partial charge in [0.25, 0.3) is 0 Å². The van der Waals surface area contributed by atoms with Crippen molar-refractivity contribution < 1.29 is 4.79 Å². The molecule has 2 rings (SSSR count). The van der Waals surface area contributed by atoms with Gasteiger partial charge in [-0.25, -0.2) is 0 Å². The molecule has 0 fully saturated rings. The highest BCUT2D eigenvalue weighted by molar-refractivity contribution is 9.11. The average molecular weight is 373 g/mol. The first-order valence-corrected chi connectivity index (χ1v) is 7.08. The van der Waals surface area contributed by atoms with E-state index in [9.17, 15) is 4.79 Å². The third kappa shape index (κ3) is 2.87. The van der Waals surface area contributed by atoms with Gasteiger partial charge in [-0.3, -0.25) is 14.5 Å². The molecule has 0 aliphatic heterocycles. The van der Waals surface area contributed by atoms with E-state index in [0.717, 1.165) is 17.4 Å². The molecule has 18 heavy (non-hydrogen) atoms. The maximum absolute atomic E-state index is 12.2. The smallest absolute Gasteiger partial charge is 0.215 e. The van der Waals surface area contributed by atoms with E-state index >= 15 is 0 Å². The van der Waals surface area contributed by atoms with Gasteiger partial charge in [-0.05, 0) is 44.3 Å². The van der Waals surface area contributed by atoms with Crippen molar-refractivity contribution in [1.29, 1.82) is 0 Å². The number of pyridine rings is 1. The van der Waals surface area contributed by atoms with Gasteiger partial charge in [0.2, 0.25) is 5.78 Å². The molecule has 0 atom stereocenters. The molecule has 0 amide bonds. The number of aryl methyl sites for hydroxylation is 1. The van der Waals surface area contributed by atoms with Crippen molar-refractivity contribution in [1.82, 2.24) is 14.8 Å². The molecule has 0 saturated carbocycles. The summed E-state index contributed by atoms with van der Waals surface area (Å²) in [4.78, 5) is 16.4. The molecule has 0 unspecified atom stereocenters. The summed E-state index contributed by atoms with van der Waals surface area (Å²) in [6, 6.07) is 1.80. The number of carbonyl (C=O) groups excluding carboxylic acids is 1. The van der Waals surface area contributed by atoms with E-state index in [4.69, 9.17) is 0 Å². The summed E-state index contributed by atoms with van der Waals surface area (Å²) >= 11 is 6.65. The lowest BCUT2D eigenvalue weighted by atomic mass is 10.1. The van der Waals surface area contributed by atoms with Gasteiger partial charge in [-0.1, -0.05) is 6.92 Å². The van der Waals surface area contributed by atoms with Gasteiger partial charge in [0.05, 0.1) is 11.8 Å². The molecule has 0 radical (unpaired) electrons. The normalized spacial score (nSPS) is 10.6. The zero-order valence-electron chi connectivity index (χ0n) is 9.73. The van der Waals surface area contributed by atoms with Gasteiger partial charge in [-0.15, -0.1) is 0 Å². The highest BCUT2D eigenvalue weighted by atomic mass is 79.9. The Hall–Kier alpha value is -1.01. The average Bonchev–Trinajstić information content (AvgIpc) is 2.77. The Balaban J connectivity index is 2.29. The molecule has 2 aromatic heterocycles. The van der Waals surface area contributed by atoms with Gasteiger partial charge in [0.1, 0.15) is 5.69 Å². The van der Waals surface area contributed by atoms with Crippen molar-refractivity contribution in [2.45, 2.75) is 19.9 Å². The van der Waals surface area contributed by atoms with Gasteiger partial charge in [-0.2, -0.15) is 5.10 Å². The Morgan fingerprint density at radius 2 is 2.17 bits per heavy atom. The topological polar surface area (TPSA) is 47.8 Å². The van der Waals surface area contributed by atoms with Crippen LogP contribution in [-0.4, -0.2) is 20.5 Å². The second kappa shape index (κ2) is 5.75. The molecule has 0 N–H and O–H groups in total. The van der Waals surface area contributed by atoms with E-state index in [1.807, 2.05) is 0 Å². The summed E-state index contributed by atoms with van der Waals surface area (Å²) in [6.07, 6.45) is 5.92. The second-order valence-electron chi connectivity index (χ2n) is 3.81. The number of carbonyl (C=O) groups is 1. The van der Waals surface area contributed by atoms with Crippen LogP contribution in [0.25, 0.3) is 0 Å². The molecule has 0 aromatic carbocycles. The van der Waals surface area contributed by atoms with Crippen molar-refractivity contribution >= 4 is 37.6 Å². The lowest BCUT2D eigenvalue weighted by molar-refractivity contribution is 0.103. The second-order valence-corrected chi connectivity index (χ2v) is 5.58. The molecule has 2 aromatic rings. The van der Waals surface area contributed by atoms with E-state index < -0.39 is 0 Å². The zero-order valence-corrected chi connectivity index (χ0v) is 12.9. The largest absolute Gasteiger partial charge is 0.287 e. The molecular weight excluding hydrogens is 362 g/mol. The van der Waals surface area contributed by atoms with Gasteiger partial charge in [0.15, 0.2) is 0 Å². The SMILES string of the molecule is CCCn1cc(C(=O)c2ncc(Br)cc2Br)cn1. The Morgan fingerprint density at radius 1 is 1.39 bits per heavy atom. The fourth-order valence-corrected chi connectivity index (χ4v) is 2.72. The van der Waals surface area contributed by atoms with E-state index in [-0.39, 0.29) is 5.78 Å². The van der Waals surface area contributed by atoms with Crippen LogP contribution in [0.2, 0.25) is 0 Å². The van der Waals surface area contributed by atoms with E-state index in [1.54, 1.807) is 29.3 Å². The van der Waals surface area contributed by atoms with Crippen molar-refractivity contribution in [3.05, 3.63) is 44.9 Å². The van der Waals surface area contributed by atoms with Crippen molar-refractivity contribution in [2.75, 3.05) is 0 Å². The first kappa shape index (κ1) is 13.4. The molecule has 6 heteroatoms. The molecule has 0 spiro atoms. The Kier molecular flexibility index (Phi) is 4.29. The molecule has 94 valence electrons. The van der Waals surface area contributed by atoms with Gasteiger partial charge in [0, 0.05) is 27.9 Å². The highest BCUT2D eigenvalue weighted by Crippen LogP contribution is 2.21. The summed E-state index contributed by atoms with van der Waals surface area (Å²) in [6.45, 7) is 2.87. The summed E-state index contributed by atoms with van der Waals surface area (Å²) in [5, 5.41) is 4.14. The van der Waals surface area contributed by atoms with Crippen molar-refractivity contribution in [3.63, 3.8) is 0 Å². The van der Waals surface area contributed by atoms with Crippen molar-refractivity contribution in [2.24, 2.45) is 0 Å². The number of aromatic nitrogens is 3. The lowest BCUT2D eigenvalue weighted by Gasteiger charge is -2.01. The van der Waals surface area contributed by atoms with Crippen LogP contribution >= 0.6 is 31.9 Å².